The van der Waals surface area contributed by atoms with Crippen LogP contribution in [0, 0.1) is 10.8 Å². The first-order valence-corrected chi connectivity index (χ1v) is 8.39. The van der Waals surface area contributed by atoms with Crippen LogP contribution in [0.5, 0.6) is 0 Å². The maximum atomic E-state index is 12.9. The summed E-state index contributed by atoms with van der Waals surface area (Å²) in [5, 5.41) is 13.8. The van der Waals surface area contributed by atoms with Gasteiger partial charge in [-0.3, -0.25) is 10.2 Å². The number of carbonyl (C=O) groups excluding carboxylic acids is 1. The molecular weight excluding hydrogens is 310 g/mol. The molecule has 1 aliphatic rings. The van der Waals surface area contributed by atoms with Crippen LogP contribution >= 0.6 is 0 Å². The molecule has 0 radical (unpaired) electrons. The number of rotatable bonds is 5. The average Bonchev–Trinajstić information content (AvgIpc) is 3.20. The number of anilines is 1. The maximum Gasteiger partial charge on any atom is 0.236 e. The monoisotopic (exact) mass is 333 g/mol. The number of carbonyl (C=O) groups is 1. The van der Waals surface area contributed by atoms with Crippen molar-refractivity contribution in [2.75, 3.05) is 5.32 Å². The number of amides is 1. The zero-order valence-electron chi connectivity index (χ0n) is 14.5. The predicted octanol–water partition coefficient (Wildman–Crippen LogP) is 4.07. The molecule has 0 aromatic heterocycles. The third-order valence-corrected chi connectivity index (χ3v) is 4.91. The highest BCUT2D eigenvalue weighted by atomic mass is 16.2. The summed E-state index contributed by atoms with van der Waals surface area (Å²) in [6, 6.07) is 19.5. The summed E-state index contributed by atoms with van der Waals surface area (Å²) in [5.41, 5.74) is 1.28. The van der Waals surface area contributed by atoms with Crippen LogP contribution < -0.4 is 10.6 Å². The molecule has 0 saturated heterocycles. The molecule has 4 heteroatoms. The Bertz CT molecular complexity index is 796. The molecule has 1 fully saturated rings. The SMILES string of the molecule is CC1(C)CC1(C(=O)NC(=N)/C=C\Nc1ccccc1)c1ccccc1. The summed E-state index contributed by atoms with van der Waals surface area (Å²) >= 11 is 0. The second-order valence-corrected chi connectivity index (χ2v) is 7.04. The molecule has 128 valence electrons. The summed E-state index contributed by atoms with van der Waals surface area (Å²) in [5.74, 6) is -0.0375. The lowest BCUT2D eigenvalue weighted by molar-refractivity contribution is -0.123. The van der Waals surface area contributed by atoms with Crippen molar-refractivity contribution < 1.29 is 4.79 Å². The predicted molar refractivity (Wildman–Crippen MR) is 102 cm³/mol. The first-order chi connectivity index (χ1) is 12.0. The fraction of sp³-hybridized carbons (Fsp3) is 0.238. The zero-order chi connectivity index (χ0) is 17.9. The highest BCUT2D eigenvalue weighted by molar-refractivity contribution is 6.08. The molecular formula is C21H23N3O. The van der Waals surface area contributed by atoms with Gasteiger partial charge in [0.1, 0.15) is 5.84 Å². The van der Waals surface area contributed by atoms with E-state index in [0.29, 0.717) is 0 Å². The normalized spacial score (nSPS) is 20.9. The third kappa shape index (κ3) is 3.33. The van der Waals surface area contributed by atoms with Gasteiger partial charge in [0.05, 0.1) is 5.41 Å². The van der Waals surface area contributed by atoms with Gasteiger partial charge in [0.15, 0.2) is 0 Å². The highest BCUT2D eigenvalue weighted by Crippen LogP contribution is 2.64. The van der Waals surface area contributed by atoms with Crippen LogP contribution in [0.3, 0.4) is 0 Å². The largest absolute Gasteiger partial charge is 0.362 e. The molecule has 2 aromatic rings. The van der Waals surface area contributed by atoms with E-state index in [1.54, 1.807) is 12.3 Å². The number of benzene rings is 2. The average molecular weight is 333 g/mol. The Morgan fingerprint density at radius 2 is 1.60 bits per heavy atom. The number of hydrogen-bond acceptors (Lipinski definition) is 3. The number of para-hydroxylation sites is 1. The van der Waals surface area contributed by atoms with Crippen LogP contribution in [-0.2, 0) is 10.2 Å². The van der Waals surface area contributed by atoms with E-state index in [0.717, 1.165) is 17.7 Å². The molecule has 3 rings (SSSR count). The van der Waals surface area contributed by atoms with Gasteiger partial charge in [-0.05, 0) is 35.6 Å². The molecule has 0 heterocycles. The van der Waals surface area contributed by atoms with Crippen LogP contribution in [-0.4, -0.2) is 11.7 Å². The fourth-order valence-electron chi connectivity index (χ4n) is 3.38. The third-order valence-electron chi connectivity index (χ3n) is 4.91. The topological polar surface area (TPSA) is 65.0 Å². The minimum Gasteiger partial charge on any atom is -0.362 e. The maximum absolute atomic E-state index is 12.9. The van der Waals surface area contributed by atoms with Crippen molar-refractivity contribution in [3.8, 4) is 0 Å². The van der Waals surface area contributed by atoms with Crippen LogP contribution in [0.15, 0.2) is 72.9 Å². The number of amidine groups is 1. The van der Waals surface area contributed by atoms with Gasteiger partial charge in [-0.1, -0.05) is 62.4 Å². The summed E-state index contributed by atoms with van der Waals surface area (Å²) in [4.78, 5) is 12.9. The number of nitrogens with one attached hydrogen (secondary N) is 3. The quantitative estimate of drug-likeness (QED) is 0.570. The Morgan fingerprint density at radius 3 is 2.16 bits per heavy atom. The van der Waals surface area contributed by atoms with E-state index in [1.165, 1.54) is 0 Å². The summed E-state index contributed by atoms with van der Waals surface area (Å²) in [6.07, 6.45) is 4.00. The van der Waals surface area contributed by atoms with Gasteiger partial charge in [0.25, 0.3) is 0 Å². The van der Waals surface area contributed by atoms with E-state index >= 15 is 0 Å². The Hall–Kier alpha value is -2.88. The second-order valence-electron chi connectivity index (χ2n) is 7.04. The van der Waals surface area contributed by atoms with Crippen molar-refractivity contribution in [1.29, 1.82) is 5.41 Å². The van der Waals surface area contributed by atoms with Crippen molar-refractivity contribution in [1.82, 2.24) is 5.32 Å². The first-order valence-electron chi connectivity index (χ1n) is 8.39. The van der Waals surface area contributed by atoms with E-state index in [4.69, 9.17) is 5.41 Å². The Labute approximate surface area is 148 Å². The van der Waals surface area contributed by atoms with Gasteiger partial charge in [-0.25, -0.2) is 0 Å². The van der Waals surface area contributed by atoms with Gasteiger partial charge in [-0.15, -0.1) is 0 Å². The Balaban J connectivity index is 1.66. The fourth-order valence-corrected chi connectivity index (χ4v) is 3.38. The summed E-state index contributed by atoms with van der Waals surface area (Å²) < 4.78 is 0. The lowest BCUT2D eigenvalue weighted by Crippen LogP contribution is -2.40. The smallest absolute Gasteiger partial charge is 0.236 e. The van der Waals surface area contributed by atoms with E-state index in [2.05, 4.69) is 24.5 Å². The van der Waals surface area contributed by atoms with Crippen molar-refractivity contribution in [2.24, 2.45) is 5.41 Å². The molecule has 1 saturated carbocycles. The van der Waals surface area contributed by atoms with E-state index in [-0.39, 0.29) is 17.2 Å². The lowest BCUT2D eigenvalue weighted by atomic mass is 9.87. The Morgan fingerprint density at radius 1 is 1.04 bits per heavy atom. The standard InChI is InChI=1S/C21H23N3O/c1-20(2)15-21(20,16-9-5-3-6-10-16)19(25)24-18(22)13-14-23-17-11-7-4-8-12-17/h3-14,23H,15H2,1-2H3,(H2,22,24,25)/b14-13-. The van der Waals surface area contributed by atoms with Gasteiger partial charge >= 0.3 is 0 Å². The molecule has 0 spiro atoms. The summed E-state index contributed by atoms with van der Waals surface area (Å²) in [6.45, 7) is 4.19. The van der Waals surface area contributed by atoms with Crippen LogP contribution in [0.4, 0.5) is 5.69 Å². The molecule has 3 N–H and O–H groups in total. The molecule has 25 heavy (non-hydrogen) atoms. The summed E-state index contributed by atoms with van der Waals surface area (Å²) in [7, 11) is 0. The number of hydrogen-bond donors (Lipinski definition) is 3. The minimum absolute atomic E-state index is 0.0754. The second kappa shape index (κ2) is 6.55. The van der Waals surface area contributed by atoms with Crippen molar-refractivity contribution in [3.05, 3.63) is 78.5 Å². The molecule has 4 nitrogen and oxygen atoms in total. The first kappa shape index (κ1) is 17.0. The van der Waals surface area contributed by atoms with E-state index in [9.17, 15) is 4.79 Å². The van der Waals surface area contributed by atoms with Gasteiger partial charge < -0.3 is 10.6 Å². The van der Waals surface area contributed by atoms with E-state index in [1.807, 2.05) is 60.7 Å². The lowest BCUT2D eigenvalue weighted by Gasteiger charge is -2.20. The molecule has 0 aliphatic heterocycles. The van der Waals surface area contributed by atoms with E-state index < -0.39 is 5.41 Å². The molecule has 0 bridgehead atoms. The molecule has 1 atom stereocenters. The van der Waals surface area contributed by atoms with Crippen LogP contribution in [0.2, 0.25) is 0 Å². The van der Waals surface area contributed by atoms with Crippen molar-refractivity contribution in [3.63, 3.8) is 0 Å². The molecule has 1 amide bonds. The zero-order valence-corrected chi connectivity index (χ0v) is 14.5. The van der Waals surface area contributed by atoms with Gasteiger partial charge in [-0.2, -0.15) is 0 Å². The van der Waals surface area contributed by atoms with Crippen LogP contribution in [0.1, 0.15) is 25.8 Å². The van der Waals surface area contributed by atoms with Crippen molar-refractivity contribution >= 4 is 17.4 Å². The Kier molecular flexibility index (Phi) is 4.45. The minimum atomic E-state index is -0.554. The highest BCUT2D eigenvalue weighted by Gasteiger charge is 2.67. The van der Waals surface area contributed by atoms with Crippen LogP contribution in [0.25, 0.3) is 0 Å². The molecule has 2 aromatic carbocycles. The van der Waals surface area contributed by atoms with Gasteiger partial charge in [0.2, 0.25) is 5.91 Å². The molecule has 1 aliphatic carbocycles. The van der Waals surface area contributed by atoms with Gasteiger partial charge in [0, 0.05) is 11.9 Å². The molecule has 1 unspecified atom stereocenters. The van der Waals surface area contributed by atoms with Crippen molar-refractivity contribution in [2.45, 2.75) is 25.7 Å².